The normalized spacial score (nSPS) is 17.7. The molecule has 13 nitrogen and oxygen atoms in total. The molecule has 0 radical (unpaired) electrons. The van der Waals surface area contributed by atoms with Crippen molar-refractivity contribution < 1.29 is 47.9 Å². The van der Waals surface area contributed by atoms with Crippen LogP contribution in [0.2, 0.25) is 0 Å². The molecular formula is C36H40N2O11. The Kier molecular flexibility index (Phi) is 10.1. The van der Waals surface area contributed by atoms with Gasteiger partial charge in [0.2, 0.25) is 0 Å². The maximum atomic E-state index is 13.4. The second-order valence-corrected chi connectivity index (χ2v) is 12.6. The van der Waals surface area contributed by atoms with Crippen molar-refractivity contribution in [2.24, 2.45) is 0 Å². The number of hydrogen-bond acceptors (Lipinski definition) is 11. The first-order chi connectivity index (χ1) is 23.2. The summed E-state index contributed by atoms with van der Waals surface area (Å²) < 4.78 is 33.7. The number of anilines is 1. The number of ether oxygens (including phenoxy) is 5. The summed E-state index contributed by atoms with van der Waals surface area (Å²) in [5.41, 5.74) is 0.510. The Morgan fingerprint density at radius 2 is 1.67 bits per heavy atom. The number of hydrogen-bond donors (Lipinski definition) is 3. The predicted molar refractivity (Wildman–Crippen MR) is 181 cm³/mol. The number of benzene rings is 3. The maximum Gasteiger partial charge on any atom is 0.410 e. The fraction of sp³-hybridized carbons (Fsp3) is 0.361. The molecule has 1 aliphatic rings. The summed E-state index contributed by atoms with van der Waals surface area (Å²) in [6, 6.07) is 15.2. The standard InChI is InChI=1S/C36H40N2O11/c1-19-31-22(16-28(46-7)32(19)47-29-18-38(17-26(39)30(29)40)35(43)49-36(2,3)4)15-25(34(42)48-31)37-33(41)21-11-12-27(45-6)24(14-21)20-9-8-10-23(13-20)44-5/h8-16,26,29-30,39-40H,17-18H2,1-7H3,(H,37,41)/t26-,29-,30-/m1/s1. The molecule has 0 saturated carbocycles. The fourth-order valence-electron chi connectivity index (χ4n) is 5.54. The van der Waals surface area contributed by atoms with Crippen LogP contribution in [-0.4, -0.2) is 85.4 Å². The molecule has 0 unspecified atom stereocenters. The van der Waals surface area contributed by atoms with Crippen molar-refractivity contribution in [2.45, 2.75) is 51.6 Å². The lowest BCUT2D eigenvalue weighted by Gasteiger charge is -2.39. The Hall–Kier alpha value is -5.27. The molecule has 1 fully saturated rings. The molecule has 1 saturated heterocycles. The first-order valence-corrected chi connectivity index (χ1v) is 15.5. The number of rotatable bonds is 8. The van der Waals surface area contributed by atoms with E-state index in [1.165, 1.54) is 25.2 Å². The van der Waals surface area contributed by atoms with Gasteiger partial charge in [-0.15, -0.1) is 0 Å². The quantitative estimate of drug-likeness (QED) is 0.220. The number of β-amino-alcohol motifs (C(OH)–C–C–N with tert-alkyl or cyclic N) is 1. The van der Waals surface area contributed by atoms with E-state index in [1.807, 2.05) is 18.2 Å². The highest BCUT2D eigenvalue weighted by atomic mass is 16.6. The molecule has 13 heteroatoms. The molecule has 3 N–H and O–H groups in total. The van der Waals surface area contributed by atoms with Crippen molar-refractivity contribution in [1.82, 2.24) is 4.90 Å². The van der Waals surface area contributed by atoms with Crippen molar-refractivity contribution in [2.75, 3.05) is 39.7 Å². The zero-order chi connectivity index (χ0) is 35.6. The van der Waals surface area contributed by atoms with Gasteiger partial charge < -0.3 is 48.5 Å². The summed E-state index contributed by atoms with van der Waals surface area (Å²) in [7, 11) is 4.51. The number of fused-ring (bicyclic) bond motifs is 1. The van der Waals surface area contributed by atoms with Crippen LogP contribution in [0.15, 0.2) is 63.8 Å². The first-order valence-electron chi connectivity index (χ1n) is 15.5. The van der Waals surface area contributed by atoms with Crippen LogP contribution < -0.4 is 29.9 Å². The van der Waals surface area contributed by atoms with Crippen molar-refractivity contribution in [3.05, 3.63) is 76.1 Å². The number of carbonyl (C=O) groups is 2. The Labute approximate surface area is 282 Å². The molecule has 5 rings (SSSR count). The minimum atomic E-state index is -1.34. The van der Waals surface area contributed by atoms with Gasteiger partial charge in [0.15, 0.2) is 11.5 Å². The second kappa shape index (κ2) is 14.1. The van der Waals surface area contributed by atoms with Crippen LogP contribution in [0.4, 0.5) is 10.5 Å². The topological polar surface area (TPSA) is 166 Å². The number of methoxy groups -OCH3 is 3. The Morgan fingerprint density at radius 1 is 0.939 bits per heavy atom. The third kappa shape index (κ3) is 7.58. The SMILES string of the molecule is COc1cccc(-c2cc(C(=O)Nc3cc4cc(OC)c(O[C@@H]5CN(C(=O)OC(C)(C)C)C[C@@H](O)[C@H]5O)c(C)c4oc3=O)ccc2OC)c1. The van der Waals surface area contributed by atoms with Gasteiger partial charge in [0.25, 0.3) is 5.91 Å². The molecule has 4 aromatic rings. The molecule has 0 bridgehead atoms. The van der Waals surface area contributed by atoms with Gasteiger partial charge in [0.05, 0.1) is 34.4 Å². The molecule has 2 amide bonds. The number of amides is 2. The van der Waals surface area contributed by atoms with Gasteiger partial charge in [-0.1, -0.05) is 12.1 Å². The number of carbonyl (C=O) groups excluding carboxylic acids is 2. The fourth-order valence-corrected chi connectivity index (χ4v) is 5.54. The van der Waals surface area contributed by atoms with Gasteiger partial charge in [-0.25, -0.2) is 9.59 Å². The van der Waals surface area contributed by atoms with E-state index in [0.29, 0.717) is 28.0 Å². The molecule has 1 aliphatic heterocycles. The van der Waals surface area contributed by atoms with E-state index in [4.69, 9.17) is 28.1 Å². The van der Waals surface area contributed by atoms with Crippen molar-refractivity contribution in [3.63, 3.8) is 0 Å². The van der Waals surface area contributed by atoms with E-state index < -0.39 is 41.5 Å². The number of nitrogens with zero attached hydrogens (tertiary/aromatic N) is 1. The summed E-state index contributed by atoms with van der Waals surface area (Å²) >= 11 is 0. The van der Waals surface area contributed by atoms with Crippen LogP contribution in [0.25, 0.3) is 22.1 Å². The van der Waals surface area contributed by atoms with Gasteiger partial charge in [-0.3, -0.25) is 4.79 Å². The number of aliphatic hydroxyl groups excluding tert-OH is 2. The lowest BCUT2D eigenvalue weighted by molar-refractivity contribution is -0.101. The van der Waals surface area contributed by atoms with E-state index >= 15 is 0 Å². The summed E-state index contributed by atoms with van der Waals surface area (Å²) in [6.45, 7) is 6.57. The van der Waals surface area contributed by atoms with Crippen LogP contribution in [0.5, 0.6) is 23.0 Å². The van der Waals surface area contributed by atoms with Gasteiger partial charge in [-0.05, 0) is 75.7 Å². The van der Waals surface area contributed by atoms with Gasteiger partial charge in [0, 0.05) is 22.1 Å². The minimum absolute atomic E-state index is 0.0897. The summed E-state index contributed by atoms with van der Waals surface area (Å²) in [4.78, 5) is 40.6. The van der Waals surface area contributed by atoms with Crippen molar-refractivity contribution >= 4 is 28.7 Å². The number of likely N-dealkylation sites (tertiary alicyclic amines) is 1. The van der Waals surface area contributed by atoms with Crippen LogP contribution in [0.1, 0.15) is 36.7 Å². The van der Waals surface area contributed by atoms with E-state index in [0.717, 1.165) is 5.56 Å². The zero-order valence-electron chi connectivity index (χ0n) is 28.4. The van der Waals surface area contributed by atoms with E-state index in [1.54, 1.807) is 65.1 Å². The largest absolute Gasteiger partial charge is 0.497 e. The van der Waals surface area contributed by atoms with Crippen LogP contribution >= 0.6 is 0 Å². The van der Waals surface area contributed by atoms with Crippen molar-refractivity contribution in [1.29, 1.82) is 0 Å². The molecule has 260 valence electrons. The third-order valence-corrected chi connectivity index (χ3v) is 7.98. The number of piperidine rings is 1. The highest BCUT2D eigenvalue weighted by Crippen LogP contribution is 2.39. The summed E-state index contributed by atoms with van der Waals surface area (Å²) in [6.07, 6.45) is -4.39. The molecule has 1 aromatic heterocycles. The van der Waals surface area contributed by atoms with Crippen LogP contribution in [0.3, 0.4) is 0 Å². The van der Waals surface area contributed by atoms with E-state index in [9.17, 15) is 24.6 Å². The second-order valence-electron chi connectivity index (χ2n) is 12.6. The van der Waals surface area contributed by atoms with Gasteiger partial charge >= 0.3 is 11.7 Å². The minimum Gasteiger partial charge on any atom is -0.497 e. The average Bonchev–Trinajstić information content (AvgIpc) is 3.07. The van der Waals surface area contributed by atoms with Gasteiger partial charge in [-0.2, -0.15) is 0 Å². The highest BCUT2D eigenvalue weighted by molar-refractivity contribution is 6.06. The number of aliphatic hydroxyl groups is 2. The van der Waals surface area contributed by atoms with Crippen LogP contribution in [0, 0.1) is 6.92 Å². The predicted octanol–water partition coefficient (Wildman–Crippen LogP) is 4.77. The Bertz CT molecular complexity index is 1930. The summed E-state index contributed by atoms with van der Waals surface area (Å²) in [5.74, 6) is 0.994. The van der Waals surface area contributed by atoms with E-state index in [2.05, 4.69) is 5.32 Å². The maximum absolute atomic E-state index is 13.4. The molecule has 3 atom stereocenters. The smallest absolute Gasteiger partial charge is 0.410 e. The molecule has 2 heterocycles. The molecule has 49 heavy (non-hydrogen) atoms. The van der Waals surface area contributed by atoms with E-state index in [-0.39, 0.29) is 41.4 Å². The lowest BCUT2D eigenvalue weighted by Crippen LogP contribution is -2.59. The third-order valence-electron chi connectivity index (χ3n) is 7.98. The van der Waals surface area contributed by atoms with Crippen LogP contribution in [-0.2, 0) is 4.74 Å². The van der Waals surface area contributed by atoms with Gasteiger partial charge in [0.1, 0.15) is 46.7 Å². The summed E-state index contributed by atoms with van der Waals surface area (Å²) in [5, 5.41) is 24.4. The average molecular weight is 677 g/mol. The molecule has 0 spiro atoms. The molecule has 3 aromatic carbocycles. The number of nitrogens with one attached hydrogen (secondary N) is 1. The number of aryl methyl sites for hydroxylation is 1. The Balaban J connectivity index is 1.43. The first kappa shape index (κ1) is 35.0. The van der Waals surface area contributed by atoms with Crippen molar-refractivity contribution in [3.8, 4) is 34.1 Å². The molecular weight excluding hydrogens is 636 g/mol. The highest BCUT2D eigenvalue weighted by Gasteiger charge is 2.40. The zero-order valence-corrected chi connectivity index (χ0v) is 28.4. The monoisotopic (exact) mass is 676 g/mol. The lowest BCUT2D eigenvalue weighted by atomic mass is 10.0. The molecule has 0 aliphatic carbocycles. The Morgan fingerprint density at radius 3 is 2.35 bits per heavy atom.